The van der Waals surface area contributed by atoms with Gasteiger partial charge < -0.3 is 9.63 Å². The van der Waals surface area contributed by atoms with Gasteiger partial charge in [0.1, 0.15) is 5.71 Å². The molecule has 9 heteroatoms. The molecule has 0 amide bonds. The van der Waals surface area contributed by atoms with Crippen molar-refractivity contribution in [3.8, 4) is 0 Å². The van der Waals surface area contributed by atoms with Crippen LogP contribution in [-0.4, -0.2) is 46.6 Å². The first kappa shape index (κ1) is 36.3. The van der Waals surface area contributed by atoms with Crippen molar-refractivity contribution in [1.82, 2.24) is 10.1 Å². The van der Waals surface area contributed by atoms with E-state index in [1.807, 2.05) is 26.8 Å². The maximum absolute atomic E-state index is 12.2. The van der Waals surface area contributed by atoms with Crippen LogP contribution in [0.2, 0.25) is 0 Å². The molecule has 6 nitrogen and oxygen atoms in total. The van der Waals surface area contributed by atoms with E-state index in [1.54, 1.807) is 19.1 Å². The summed E-state index contributed by atoms with van der Waals surface area (Å²) in [6.07, 6.45) is 3.75. The fraction of sp³-hybridized carbons (Fsp3) is 0.571. The Morgan fingerprint density at radius 1 is 1.19 bits per heavy atom. The van der Waals surface area contributed by atoms with Crippen molar-refractivity contribution in [3.05, 3.63) is 53.7 Å². The normalized spacial score (nSPS) is 13.2. The second-order valence-electron chi connectivity index (χ2n) is 8.85. The molecule has 0 aromatic carbocycles. The van der Waals surface area contributed by atoms with Gasteiger partial charge in [-0.3, -0.25) is 9.79 Å². The first-order chi connectivity index (χ1) is 17.2. The van der Waals surface area contributed by atoms with E-state index in [4.69, 9.17) is 9.63 Å². The lowest BCUT2D eigenvalue weighted by atomic mass is 10.1. The number of nitrogens with zero attached hydrogens (tertiary/aromatic N) is 3. The van der Waals surface area contributed by atoms with Gasteiger partial charge in [0.2, 0.25) is 11.7 Å². The van der Waals surface area contributed by atoms with E-state index < -0.39 is 11.9 Å². The molecule has 0 radical (unpaired) electrons. The molecule has 0 saturated carbocycles. The number of halogens is 3. The monoisotopic (exact) mass is 527 g/mol. The van der Waals surface area contributed by atoms with Gasteiger partial charge in [-0.15, -0.1) is 0 Å². The topological polar surface area (TPSA) is 88.6 Å². The zero-order valence-electron chi connectivity index (χ0n) is 23.7. The van der Waals surface area contributed by atoms with Crippen LogP contribution in [0.1, 0.15) is 92.3 Å². The number of aliphatic hydroxyl groups is 1. The second kappa shape index (κ2) is 19.3. The van der Waals surface area contributed by atoms with Gasteiger partial charge in [-0.25, -0.2) is 0 Å². The van der Waals surface area contributed by atoms with Crippen molar-refractivity contribution >= 4 is 17.1 Å². The molecule has 0 unspecified atom stereocenters. The van der Waals surface area contributed by atoms with Crippen LogP contribution in [0.25, 0.3) is 5.57 Å². The zero-order chi connectivity index (χ0) is 29.2. The predicted octanol–water partition coefficient (Wildman–Crippen LogP) is 7.69. The molecule has 1 heterocycles. The number of carbonyl (C=O) groups is 1. The van der Waals surface area contributed by atoms with Crippen molar-refractivity contribution in [2.45, 2.75) is 86.7 Å². The van der Waals surface area contributed by atoms with Crippen molar-refractivity contribution in [2.75, 3.05) is 13.7 Å². The Morgan fingerprint density at radius 3 is 2.08 bits per heavy atom. The van der Waals surface area contributed by atoms with Crippen LogP contribution in [0.3, 0.4) is 0 Å². The Balaban J connectivity index is 0. The van der Waals surface area contributed by atoms with Crippen molar-refractivity contribution in [1.29, 1.82) is 0 Å². The Hall–Kier alpha value is -2.81. The molecule has 0 bridgehead atoms. The summed E-state index contributed by atoms with van der Waals surface area (Å²) in [5.74, 6) is 1.90. The number of aromatic nitrogens is 2. The highest BCUT2D eigenvalue weighted by atomic mass is 19.4. The molecule has 1 N–H and O–H groups in total. The smallest absolute Gasteiger partial charge is 0.392 e. The minimum absolute atomic E-state index is 0.0251. The van der Waals surface area contributed by atoms with Gasteiger partial charge in [0.05, 0.1) is 6.61 Å². The highest BCUT2D eigenvalue weighted by Gasteiger charge is 2.33. The molecule has 0 aliphatic heterocycles. The Labute approximate surface area is 220 Å². The summed E-state index contributed by atoms with van der Waals surface area (Å²) in [5, 5.41) is 13.0. The van der Waals surface area contributed by atoms with E-state index in [-0.39, 0.29) is 30.3 Å². The van der Waals surface area contributed by atoms with Crippen LogP contribution in [0, 0.1) is 5.92 Å². The molecule has 1 aromatic rings. The zero-order valence-corrected chi connectivity index (χ0v) is 23.7. The van der Waals surface area contributed by atoms with E-state index in [2.05, 4.69) is 42.5 Å². The summed E-state index contributed by atoms with van der Waals surface area (Å²) in [6, 6.07) is 0. The minimum atomic E-state index is -4.50. The molecule has 1 rings (SSSR count). The third-order valence-corrected chi connectivity index (χ3v) is 4.93. The van der Waals surface area contributed by atoms with E-state index in [1.165, 1.54) is 13.3 Å². The summed E-state index contributed by atoms with van der Waals surface area (Å²) in [6.45, 7) is 19.3. The summed E-state index contributed by atoms with van der Waals surface area (Å²) < 4.78 is 41.9. The van der Waals surface area contributed by atoms with Crippen molar-refractivity contribution < 1.29 is 27.6 Å². The lowest BCUT2D eigenvalue weighted by Gasteiger charge is -2.06. The first-order valence-electron chi connectivity index (χ1n) is 12.4. The van der Waals surface area contributed by atoms with Crippen LogP contribution in [-0.2, 0) is 4.79 Å². The summed E-state index contributed by atoms with van der Waals surface area (Å²) >= 11 is 0. The van der Waals surface area contributed by atoms with E-state index >= 15 is 0 Å². The fourth-order valence-electron chi connectivity index (χ4n) is 2.20. The number of carbonyl (C=O) groups excluding carboxylic acids is 1. The largest absolute Gasteiger partial charge is 0.432 e. The maximum Gasteiger partial charge on any atom is 0.432 e. The van der Waals surface area contributed by atoms with Crippen LogP contribution in [0.15, 0.2) is 51.5 Å². The van der Waals surface area contributed by atoms with Crippen LogP contribution in [0.5, 0.6) is 0 Å². The molecule has 0 atom stereocenters. The molecule has 0 saturated heterocycles. The van der Waals surface area contributed by atoms with Crippen LogP contribution < -0.4 is 0 Å². The van der Waals surface area contributed by atoms with Gasteiger partial charge in [-0.1, -0.05) is 71.9 Å². The highest BCUT2D eigenvalue weighted by Crippen LogP contribution is 2.20. The molecule has 210 valence electrons. The van der Waals surface area contributed by atoms with Crippen molar-refractivity contribution in [3.63, 3.8) is 0 Å². The number of allylic oxidation sites excluding steroid dienone is 5. The highest BCUT2D eigenvalue weighted by molar-refractivity contribution is 6.06. The molecule has 0 spiro atoms. The second-order valence-corrected chi connectivity index (χ2v) is 8.85. The number of aliphatic hydroxyl groups excluding tert-OH is 1. The minimum Gasteiger partial charge on any atom is -0.392 e. The number of Topliss-reactive ketones (excluding diaryl/α,β-unsaturated/α-hetero) is 1. The van der Waals surface area contributed by atoms with Gasteiger partial charge in [0.25, 0.3) is 0 Å². The first-order valence-corrected chi connectivity index (χ1v) is 12.4. The Morgan fingerprint density at radius 2 is 1.76 bits per heavy atom. The van der Waals surface area contributed by atoms with E-state index in [0.29, 0.717) is 18.1 Å². The van der Waals surface area contributed by atoms with E-state index in [9.17, 15) is 18.0 Å². The SMILES string of the molecule is C=C/C(=C\C(=C/C)CO)c1noc(C(C)C)n1.CCC(C)C.CCCC(=O)/C(C)=C/C(=NC)C(F)(F)F. The van der Waals surface area contributed by atoms with Crippen LogP contribution in [0.4, 0.5) is 13.2 Å². The third-order valence-electron chi connectivity index (χ3n) is 4.93. The lowest BCUT2D eigenvalue weighted by molar-refractivity contribution is -0.115. The Kier molecular flexibility index (Phi) is 19.0. The average Bonchev–Trinajstić information content (AvgIpc) is 3.34. The van der Waals surface area contributed by atoms with Crippen LogP contribution >= 0.6 is 0 Å². The molecule has 1 aromatic heterocycles. The predicted molar refractivity (Wildman–Crippen MR) is 146 cm³/mol. The fourth-order valence-corrected chi connectivity index (χ4v) is 2.20. The van der Waals surface area contributed by atoms with Gasteiger partial charge in [0, 0.05) is 25.0 Å². The molecule has 37 heavy (non-hydrogen) atoms. The van der Waals surface area contributed by atoms with Gasteiger partial charge >= 0.3 is 6.18 Å². The van der Waals surface area contributed by atoms with Crippen molar-refractivity contribution in [2.24, 2.45) is 10.9 Å². The number of aliphatic imine (C=N–C) groups is 1. The standard InChI is InChI=1S/C13H18N2O2.C10H14F3NO.C5H12/c1-5-10(8-16)7-11(6-2)12-14-13(9(3)4)17-15-12;1-4-5-8(15)7(2)6-9(14-3)10(11,12)13;1-4-5(2)3/h5-7,9,16H,2,8H2,1,3-4H3;6H,4-5H2,1-3H3;5H,4H2,1-3H3/b10-5+,11-7+;7-6+,14-9?;. The molecule has 0 fully saturated rings. The molecular weight excluding hydrogens is 483 g/mol. The molecular formula is C28H44F3N3O3. The average molecular weight is 528 g/mol. The number of hydrogen-bond donors (Lipinski definition) is 1. The van der Waals surface area contributed by atoms with E-state index in [0.717, 1.165) is 30.2 Å². The lowest BCUT2D eigenvalue weighted by Crippen LogP contribution is -2.21. The summed E-state index contributed by atoms with van der Waals surface area (Å²) in [4.78, 5) is 18.6. The number of alkyl halides is 3. The Bertz CT molecular complexity index is 938. The maximum atomic E-state index is 12.2. The van der Waals surface area contributed by atoms with Gasteiger partial charge in [-0.05, 0) is 49.5 Å². The molecule has 0 aliphatic carbocycles. The quantitative estimate of drug-likeness (QED) is 0.191. The molecule has 0 aliphatic rings. The summed E-state index contributed by atoms with van der Waals surface area (Å²) in [7, 11) is 1.05. The number of hydrogen-bond acceptors (Lipinski definition) is 6. The third kappa shape index (κ3) is 15.8. The number of rotatable bonds is 10. The van der Waals surface area contributed by atoms with Gasteiger partial charge in [0.15, 0.2) is 5.78 Å². The number of ketones is 1. The van der Waals surface area contributed by atoms with Gasteiger partial charge in [-0.2, -0.15) is 18.2 Å². The summed E-state index contributed by atoms with van der Waals surface area (Å²) in [5.41, 5.74) is 0.595.